The standard InChI is InChI=1S/C12H15N/c1-10-7-8-12(13-9-10)11-5-3-2-4-6-11/h2-8,10,12-13H,9H2,1H3. The van der Waals surface area contributed by atoms with Crippen molar-refractivity contribution in [2.24, 2.45) is 5.92 Å². The Morgan fingerprint density at radius 3 is 2.54 bits per heavy atom. The van der Waals surface area contributed by atoms with E-state index in [-0.39, 0.29) is 0 Å². The normalized spacial score (nSPS) is 27.5. The molecule has 0 aromatic heterocycles. The van der Waals surface area contributed by atoms with Gasteiger partial charge in [0.05, 0.1) is 6.04 Å². The molecule has 1 nitrogen and oxygen atoms in total. The van der Waals surface area contributed by atoms with Gasteiger partial charge in [0.1, 0.15) is 0 Å². The summed E-state index contributed by atoms with van der Waals surface area (Å²) in [4.78, 5) is 0. The van der Waals surface area contributed by atoms with Gasteiger partial charge >= 0.3 is 0 Å². The Labute approximate surface area is 79.5 Å². The summed E-state index contributed by atoms with van der Waals surface area (Å²) in [6.07, 6.45) is 4.54. The Morgan fingerprint density at radius 2 is 1.92 bits per heavy atom. The van der Waals surface area contributed by atoms with Crippen LogP contribution in [0.1, 0.15) is 18.5 Å². The molecular formula is C12H15N. The Bertz CT molecular complexity index is 289. The Hall–Kier alpha value is -1.08. The highest BCUT2D eigenvalue weighted by atomic mass is 14.9. The van der Waals surface area contributed by atoms with Gasteiger partial charge in [-0.2, -0.15) is 0 Å². The third kappa shape index (κ3) is 1.99. The highest BCUT2D eigenvalue weighted by Gasteiger charge is 2.12. The quantitative estimate of drug-likeness (QED) is 0.643. The fraction of sp³-hybridized carbons (Fsp3) is 0.333. The number of hydrogen-bond acceptors (Lipinski definition) is 1. The molecule has 1 aromatic carbocycles. The zero-order valence-corrected chi connectivity index (χ0v) is 7.90. The third-order valence-electron chi connectivity index (χ3n) is 2.45. The van der Waals surface area contributed by atoms with E-state index < -0.39 is 0 Å². The number of hydrogen-bond donors (Lipinski definition) is 1. The minimum atomic E-state index is 0.414. The van der Waals surface area contributed by atoms with Crippen LogP contribution in [0.2, 0.25) is 0 Å². The molecule has 1 aromatic rings. The van der Waals surface area contributed by atoms with Crippen LogP contribution in [-0.2, 0) is 0 Å². The molecule has 0 saturated carbocycles. The van der Waals surface area contributed by atoms with Gasteiger partial charge in [-0.15, -0.1) is 0 Å². The maximum Gasteiger partial charge on any atom is 0.0506 e. The van der Waals surface area contributed by atoms with Gasteiger partial charge in [0, 0.05) is 6.54 Å². The zero-order chi connectivity index (χ0) is 9.10. The fourth-order valence-corrected chi connectivity index (χ4v) is 1.64. The number of benzene rings is 1. The lowest BCUT2D eigenvalue weighted by atomic mass is 9.99. The van der Waals surface area contributed by atoms with E-state index in [4.69, 9.17) is 0 Å². The van der Waals surface area contributed by atoms with Gasteiger partial charge in [0.2, 0.25) is 0 Å². The van der Waals surface area contributed by atoms with Gasteiger partial charge in [-0.05, 0) is 11.5 Å². The molecule has 1 aliphatic rings. The SMILES string of the molecule is CC1C=CC(c2ccccc2)NC1. The first kappa shape index (κ1) is 8.52. The molecule has 1 aliphatic heterocycles. The van der Waals surface area contributed by atoms with Crippen LogP contribution in [0.4, 0.5) is 0 Å². The topological polar surface area (TPSA) is 12.0 Å². The summed E-state index contributed by atoms with van der Waals surface area (Å²) < 4.78 is 0. The molecule has 13 heavy (non-hydrogen) atoms. The Morgan fingerprint density at radius 1 is 1.15 bits per heavy atom. The maximum atomic E-state index is 3.50. The van der Waals surface area contributed by atoms with Crippen LogP contribution in [0.25, 0.3) is 0 Å². The first-order valence-electron chi connectivity index (χ1n) is 4.83. The minimum absolute atomic E-state index is 0.414. The smallest absolute Gasteiger partial charge is 0.0506 e. The highest BCUT2D eigenvalue weighted by Crippen LogP contribution is 2.18. The molecule has 0 amide bonds. The van der Waals surface area contributed by atoms with Crippen LogP contribution in [0.15, 0.2) is 42.5 Å². The lowest BCUT2D eigenvalue weighted by molar-refractivity contribution is 0.522. The lowest BCUT2D eigenvalue weighted by Crippen LogP contribution is -2.28. The summed E-state index contributed by atoms with van der Waals surface area (Å²) in [7, 11) is 0. The molecule has 0 fully saturated rings. The number of nitrogens with one attached hydrogen (secondary N) is 1. The first-order chi connectivity index (χ1) is 6.36. The summed E-state index contributed by atoms with van der Waals surface area (Å²) in [6, 6.07) is 11.0. The lowest BCUT2D eigenvalue weighted by Gasteiger charge is -2.22. The van der Waals surface area contributed by atoms with E-state index in [0.717, 1.165) is 6.54 Å². The highest BCUT2D eigenvalue weighted by molar-refractivity contribution is 5.24. The molecule has 0 saturated heterocycles. The largest absolute Gasteiger partial charge is 0.306 e. The van der Waals surface area contributed by atoms with Crippen LogP contribution in [0.5, 0.6) is 0 Å². The molecule has 2 atom stereocenters. The summed E-state index contributed by atoms with van der Waals surface area (Å²) >= 11 is 0. The summed E-state index contributed by atoms with van der Waals surface area (Å²) in [6.45, 7) is 3.31. The average molecular weight is 173 g/mol. The Kier molecular flexibility index (Phi) is 2.46. The van der Waals surface area contributed by atoms with Gasteiger partial charge in [-0.1, -0.05) is 49.4 Å². The molecule has 0 radical (unpaired) electrons. The van der Waals surface area contributed by atoms with E-state index in [1.807, 2.05) is 0 Å². The predicted molar refractivity (Wildman–Crippen MR) is 55.5 cm³/mol. The third-order valence-corrected chi connectivity index (χ3v) is 2.45. The van der Waals surface area contributed by atoms with Gasteiger partial charge in [0.15, 0.2) is 0 Å². The van der Waals surface area contributed by atoms with Crippen molar-refractivity contribution in [2.45, 2.75) is 13.0 Å². The van der Waals surface area contributed by atoms with Gasteiger partial charge in [-0.25, -0.2) is 0 Å². The van der Waals surface area contributed by atoms with Crippen molar-refractivity contribution in [2.75, 3.05) is 6.54 Å². The van der Waals surface area contributed by atoms with Crippen molar-refractivity contribution in [1.82, 2.24) is 5.32 Å². The number of rotatable bonds is 1. The maximum absolute atomic E-state index is 3.50. The predicted octanol–water partition coefficient (Wildman–Crippen LogP) is 2.52. The first-order valence-corrected chi connectivity index (χ1v) is 4.83. The second kappa shape index (κ2) is 3.75. The molecule has 1 N–H and O–H groups in total. The Balaban J connectivity index is 2.15. The molecule has 2 unspecified atom stereocenters. The van der Waals surface area contributed by atoms with Crippen molar-refractivity contribution >= 4 is 0 Å². The average Bonchev–Trinajstić information content (AvgIpc) is 2.20. The molecule has 1 heteroatoms. The molecule has 0 spiro atoms. The van der Waals surface area contributed by atoms with Crippen LogP contribution < -0.4 is 5.32 Å². The fourth-order valence-electron chi connectivity index (χ4n) is 1.64. The monoisotopic (exact) mass is 173 g/mol. The molecule has 0 aliphatic carbocycles. The van der Waals surface area contributed by atoms with Crippen LogP contribution in [0.3, 0.4) is 0 Å². The van der Waals surface area contributed by atoms with Crippen molar-refractivity contribution in [3.63, 3.8) is 0 Å². The van der Waals surface area contributed by atoms with Crippen LogP contribution in [0, 0.1) is 5.92 Å². The summed E-state index contributed by atoms with van der Waals surface area (Å²) in [5.41, 5.74) is 1.35. The zero-order valence-electron chi connectivity index (χ0n) is 7.90. The second-order valence-electron chi connectivity index (χ2n) is 3.66. The molecule has 1 heterocycles. The van der Waals surface area contributed by atoms with E-state index in [0.29, 0.717) is 12.0 Å². The van der Waals surface area contributed by atoms with Crippen molar-refractivity contribution < 1.29 is 0 Å². The molecule has 0 bridgehead atoms. The van der Waals surface area contributed by atoms with Gasteiger partial charge in [-0.3, -0.25) is 0 Å². The van der Waals surface area contributed by atoms with Crippen LogP contribution >= 0.6 is 0 Å². The van der Waals surface area contributed by atoms with Gasteiger partial charge in [0.25, 0.3) is 0 Å². The van der Waals surface area contributed by atoms with Crippen molar-refractivity contribution in [3.05, 3.63) is 48.0 Å². The molecular weight excluding hydrogens is 158 g/mol. The summed E-state index contributed by atoms with van der Waals surface area (Å²) in [5, 5.41) is 3.50. The van der Waals surface area contributed by atoms with E-state index in [1.165, 1.54) is 5.56 Å². The minimum Gasteiger partial charge on any atom is -0.306 e. The van der Waals surface area contributed by atoms with E-state index in [1.54, 1.807) is 0 Å². The second-order valence-corrected chi connectivity index (χ2v) is 3.66. The molecule has 68 valence electrons. The van der Waals surface area contributed by atoms with E-state index >= 15 is 0 Å². The summed E-state index contributed by atoms with van der Waals surface area (Å²) in [5.74, 6) is 0.667. The van der Waals surface area contributed by atoms with Crippen LogP contribution in [-0.4, -0.2) is 6.54 Å². The van der Waals surface area contributed by atoms with E-state index in [2.05, 4.69) is 54.7 Å². The van der Waals surface area contributed by atoms with E-state index in [9.17, 15) is 0 Å². The van der Waals surface area contributed by atoms with Crippen molar-refractivity contribution in [1.29, 1.82) is 0 Å². The molecule has 2 rings (SSSR count). The van der Waals surface area contributed by atoms with Crippen molar-refractivity contribution in [3.8, 4) is 0 Å². The van der Waals surface area contributed by atoms with Gasteiger partial charge < -0.3 is 5.32 Å².